The summed E-state index contributed by atoms with van der Waals surface area (Å²) in [5.74, 6) is -1.52. The van der Waals surface area contributed by atoms with Gasteiger partial charge in [-0.3, -0.25) is 4.79 Å². The lowest BCUT2D eigenvalue weighted by Gasteiger charge is -2.18. The van der Waals surface area contributed by atoms with E-state index in [1.165, 1.54) is 29.4 Å². The highest BCUT2D eigenvalue weighted by Crippen LogP contribution is 2.30. The van der Waals surface area contributed by atoms with E-state index in [1.54, 1.807) is 6.07 Å². The van der Waals surface area contributed by atoms with Gasteiger partial charge in [0.2, 0.25) is 11.9 Å². The smallest absolute Gasteiger partial charge is 0.264 e. The molecule has 0 atom stereocenters. The second kappa shape index (κ2) is 7.75. The summed E-state index contributed by atoms with van der Waals surface area (Å²) < 4.78 is 54.3. The van der Waals surface area contributed by atoms with Crippen LogP contribution in [0.1, 0.15) is 5.56 Å². The van der Waals surface area contributed by atoms with Crippen LogP contribution >= 0.6 is 0 Å². The normalized spacial score (nSPS) is 13.2. The van der Waals surface area contributed by atoms with Gasteiger partial charge in [0.15, 0.2) is 0 Å². The fraction of sp³-hybridized carbons (Fsp3) is 0.158. The monoisotopic (exact) mass is 433 g/mol. The molecule has 0 fully saturated rings. The summed E-state index contributed by atoms with van der Waals surface area (Å²) in [5.41, 5.74) is 1.18. The fourth-order valence-corrected chi connectivity index (χ4v) is 4.24. The number of sulfonamides is 1. The van der Waals surface area contributed by atoms with Crippen LogP contribution in [0.15, 0.2) is 53.7 Å². The van der Waals surface area contributed by atoms with E-state index in [9.17, 15) is 22.0 Å². The lowest BCUT2D eigenvalue weighted by Crippen LogP contribution is -2.34. The Morgan fingerprint density at radius 1 is 1.20 bits per heavy atom. The Labute approximate surface area is 171 Å². The summed E-state index contributed by atoms with van der Waals surface area (Å²) >= 11 is 0. The highest BCUT2D eigenvalue weighted by molar-refractivity contribution is 7.92. The van der Waals surface area contributed by atoms with Crippen LogP contribution in [-0.4, -0.2) is 37.4 Å². The molecular weight excluding hydrogens is 416 g/mol. The zero-order chi connectivity index (χ0) is 21.3. The standard InChI is InChI=1S/C19H17F2N5O3S/c20-13-1-3-15(21)16(10-13)24-11-18(27)26-8-5-12-9-14(2-4-17(12)26)30(28,29)25-19-22-6-7-23-19/h1-4,6-7,9-10,24H,5,8,11H2,(H2,22,23,25). The number of carbonyl (C=O) groups excluding carboxylic acids is 1. The van der Waals surface area contributed by atoms with Gasteiger partial charge < -0.3 is 15.2 Å². The molecule has 0 radical (unpaired) electrons. The Hall–Kier alpha value is -3.47. The van der Waals surface area contributed by atoms with Crippen LogP contribution in [0.5, 0.6) is 0 Å². The fourth-order valence-electron chi connectivity index (χ4n) is 3.21. The number of nitrogens with one attached hydrogen (secondary N) is 3. The average molecular weight is 433 g/mol. The van der Waals surface area contributed by atoms with E-state index in [1.807, 2.05) is 0 Å². The van der Waals surface area contributed by atoms with Crippen LogP contribution in [0.2, 0.25) is 0 Å². The number of fused-ring (bicyclic) bond motifs is 1. The Morgan fingerprint density at radius 2 is 2.03 bits per heavy atom. The maximum Gasteiger partial charge on any atom is 0.264 e. The van der Waals surface area contributed by atoms with Crippen molar-refractivity contribution in [3.05, 3.63) is 66.0 Å². The summed E-state index contributed by atoms with van der Waals surface area (Å²) in [6, 6.07) is 7.41. The van der Waals surface area contributed by atoms with Crippen LogP contribution in [0.3, 0.4) is 0 Å². The average Bonchev–Trinajstić information content (AvgIpc) is 3.37. The molecular formula is C19H17F2N5O3S. The van der Waals surface area contributed by atoms with E-state index >= 15 is 0 Å². The van der Waals surface area contributed by atoms with Crippen LogP contribution in [0, 0.1) is 11.6 Å². The van der Waals surface area contributed by atoms with Crippen molar-refractivity contribution in [3.8, 4) is 0 Å². The summed E-state index contributed by atoms with van der Waals surface area (Å²) in [4.78, 5) is 20.6. The molecule has 11 heteroatoms. The van der Waals surface area contributed by atoms with Crippen molar-refractivity contribution in [3.63, 3.8) is 0 Å². The van der Waals surface area contributed by atoms with Crippen molar-refractivity contribution in [2.45, 2.75) is 11.3 Å². The first kappa shape index (κ1) is 19.8. The zero-order valence-electron chi connectivity index (χ0n) is 15.5. The molecule has 3 aromatic rings. The number of H-pyrrole nitrogens is 1. The van der Waals surface area contributed by atoms with Gasteiger partial charge in [-0.05, 0) is 48.4 Å². The predicted molar refractivity (Wildman–Crippen MR) is 107 cm³/mol. The van der Waals surface area contributed by atoms with Gasteiger partial charge in [-0.15, -0.1) is 0 Å². The zero-order valence-corrected chi connectivity index (χ0v) is 16.3. The van der Waals surface area contributed by atoms with Crippen LogP contribution in [0.4, 0.5) is 26.1 Å². The van der Waals surface area contributed by atoms with Crippen molar-refractivity contribution in [2.75, 3.05) is 28.0 Å². The molecule has 0 saturated carbocycles. The third-order valence-corrected chi connectivity index (χ3v) is 5.98. The van der Waals surface area contributed by atoms with Gasteiger partial charge in [-0.2, -0.15) is 0 Å². The second-order valence-corrected chi connectivity index (χ2v) is 8.29. The SMILES string of the molecule is O=C(CNc1cc(F)ccc1F)N1CCc2cc(S(=O)(=O)Nc3ncc[nH]3)ccc21. The summed E-state index contributed by atoms with van der Waals surface area (Å²) in [6.07, 6.45) is 3.39. The molecule has 2 aromatic carbocycles. The van der Waals surface area contributed by atoms with Gasteiger partial charge in [0, 0.05) is 24.6 Å². The first-order valence-electron chi connectivity index (χ1n) is 8.98. The molecule has 8 nitrogen and oxygen atoms in total. The molecule has 2 heterocycles. The molecule has 0 unspecified atom stereocenters. The topological polar surface area (TPSA) is 107 Å². The molecule has 0 aliphatic carbocycles. The molecule has 1 aliphatic rings. The molecule has 156 valence electrons. The summed E-state index contributed by atoms with van der Waals surface area (Å²) in [6.45, 7) is 0.122. The van der Waals surface area contributed by atoms with Crippen molar-refractivity contribution < 1.29 is 22.0 Å². The molecule has 1 amide bonds. The Kier molecular flexibility index (Phi) is 5.12. The minimum Gasteiger partial charge on any atom is -0.374 e. The number of rotatable bonds is 6. The lowest BCUT2D eigenvalue weighted by atomic mass is 10.2. The van der Waals surface area contributed by atoms with Crippen molar-refractivity contribution in [1.29, 1.82) is 0 Å². The number of hydrogen-bond acceptors (Lipinski definition) is 5. The quantitative estimate of drug-likeness (QED) is 0.554. The molecule has 4 rings (SSSR count). The molecule has 30 heavy (non-hydrogen) atoms. The number of anilines is 3. The minimum atomic E-state index is -3.83. The number of imidazole rings is 1. The van der Waals surface area contributed by atoms with E-state index in [-0.39, 0.29) is 29.0 Å². The molecule has 0 spiro atoms. The van der Waals surface area contributed by atoms with E-state index in [0.29, 0.717) is 24.2 Å². The number of carbonyl (C=O) groups is 1. The molecule has 3 N–H and O–H groups in total. The Bertz CT molecular complexity index is 1200. The number of nitrogens with zero attached hydrogens (tertiary/aromatic N) is 2. The van der Waals surface area contributed by atoms with Gasteiger partial charge in [0.25, 0.3) is 10.0 Å². The van der Waals surface area contributed by atoms with E-state index in [0.717, 1.165) is 18.2 Å². The number of hydrogen-bond donors (Lipinski definition) is 3. The second-order valence-electron chi connectivity index (χ2n) is 6.61. The molecule has 0 bridgehead atoms. The number of aromatic amines is 1. The van der Waals surface area contributed by atoms with Gasteiger partial charge in [0.1, 0.15) is 11.6 Å². The van der Waals surface area contributed by atoms with E-state index in [4.69, 9.17) is 0 Å². The molecule has 0 saturated heterocycles. The largest absolute Gasteiger partial charge is 0.374 e. The van der Waals surface area contributed by atoms with Crippen LogP contribution in [-0.2, 0) is 21.2 Å². The van der Waals surface area contributed by atoms with Gasteiger partial charge in [-0.1, -0.05) is 0 Å². The van der Waals surface area contributed by atoms with E-state index in [2.05, 4.69) is 20.0 Å². The number of benzene rings is 2. The highest BCUT2D eigenvalue weighted by Gasteiger charge is 2.27. The maximum atomic E-state index is 13.7. The lowest BCUT2D eigenvalue weighted by molar-refractivity contribution is -0.116. The summed E-state index contributed by atoms with van der Waals surface area (Å²) in [5, 5.41) is 2.60. The van der Waals surface area contributed by atoms with Crippen molar-refractivity contribution in [1.82, 2.24) is 9.97 Å². The first-order chi connectivity index (χ1) is 14.3. The third kappa shape index (κ3) is 3.96. The summed E-state index contributed by atoms with van der Waals surface area (Å²) in [7, 11) is -3.83. The third-order valence-electron chi connectivity index (χ3n) is 4.65. The van der Waals surface area contributed by atoms with Crippen molar-refractivity contribution in [2.24, 2.45) is 0 Å². The van der Waals surface area contributed by atoms with E-state index < -0.39 is 21.7 Å². The van der Waals surface area contributed by atoms with Gasteiger partial charge >= 0.3 is 0 Å². The first-order valence-corrected chi connectivity index (χ1v) is 10.5. The highest BCUT2D eigenvalue weighted by atomic mass is 32.2. The molecule has 1 aromatic heterocycles. The number of aromatic nitrogens is 2. The Balaban J connectivity index is 1.48. The maximum absolute atomic E-state index is 13.7. The number of amides is 1. The van der Waals surface area contributed by atoms with Crippen LogP contribution in [0.25, 0.3) is 0 Å². The van der Waals surface area contributed by atoms with Gasteiger partial charge in [-0.25, -0.2) is 26.9 Å². The van der Waals surface area contributed by atoms with Crippen LogP contribution < -0.4 is 14.9 Å². The minimum absolute atomic E-state index is 0.0481. The van der Waals surface area contributed by atoms with Gasteiger partial charge in [0.05, 0.1) is 17.1 Å². The Morgan fingerprint density at radius 3 is 2.80 bits per heavy atom. The molecule has 1 aliphatic heterocycles. The van der Waals surface area contributed by atoms with Crippen molar-refractivity contribution >= 4 is 33.3 Å². The predicted octanol–water partition coefficient (Wildman–Crippen LogP) is 2.49. The number of halogens is 2.